The van der Waals surface area contributed by atoms with Gasteiger partial charge in [0.05, 0.1) is 13.7 Å². The molecule has 0 spiro atoms. The number of hydrogen-bond donors (Lipinski definition) is 1. The van der Waals surface area contributed by atoms with Crippen LogP contribution in [0.1, 0.15) is 31.4 Å². The quantitative estimate of drug-likeness (QED) is 0.779. The van der Waals surface area contributed by atoms with Crippen molar-refractivity contribution in [1.29, 1.82) is 0 Å². The van der Waals surface area contributed by atoms with E-state index >= 15 is 0 Å². The summed E-state index contributed by atoms with van der Waals surface area (Å²) in [5.74, 6) is 0.609. The molecule has 0 saturated heterocycles. The fourth-order valence-corrected chi connectivity index (χ4v) is 2.11. The van der Waals surface area contributed by atoms with Crippen LogP contribution in [-0.4, -0.2) is 31.8 Å². The first-order valence-corrected chi connectivity index (χ1v) is 6.96. The van der Waals surface area contributed by atoms with Crippen LogP contribution < -0.4 is 10.1 Å². The lowest BCUT2D eigenvalue weighted by Gasteiger charge is -2.27. The molecule has 20 heavy (non-hydrogen) atoms. The Balaban J connectivity index is 2.65. The number of methoxy groups -OCH3 is 1. The topological polar surface area (TPSA) is 47.6 Å². The summed E-state index contributed by atoms with van der Waals surface area (Å²) in [6.07, 6.45) is 0.556. The van der Waals surface area contributed by atoms with Crippen LogP contribution in [0.4, 0.5) is 0 Å². The molecule has 0 radical (unpaired) electrons. The number of aryl methyl sites for hydroxylation is 2. The molecule has 0 aliphatic rings. The van der Waals surface area contributed by atoms with Gasteiger partial charge < -0.3 is 14.8 Å². The maximum Gasteiger partial charge on any atom is 0.325 e. The Labute approximate surface area is 121 Å². The van der Waals surface area contributed by atoms with Crippen molar-refractivity contribution in [2.45, 2.75) is 39.7 Å². The van der Waals surface area contributed by atoms with Crippen molar-refractivity contribution in [2.75, 3.05) is 20.3 Å². The minimum atomic E-state index is -0.707. The molecule has 1 N–H and O–H groups in total. The first kappa shape index (κ1) is 16.5. The number of esters is 1. The van der Waals surface area contributed by atoms with Crippen molar-refractivity contribution < 1.29 is 14.3 Å². The molecule has 4 heteroatoms. The zero-order valence-corrected chi connectivity index (χ0v) is 13.1. The predicted molar refractivity (Wildman–Crippen MR) is 80.1 cm³/mol. The van der Waals surface area contributed by atoms with E-state index in [9.17, 15) is 4.79 Å². The van der Waals surface area contributed by atoms with E-state index in [-0.39, 0.29) is 5.97 Å². The first-order chi connectivity index (χ1) is 9.42. The van der Waals surface area contributed by atoms with Gasteiger partial charge in [0, 0.05) is 6.42 Å². The lowest BCUT2D eigenvalue weighted by Crippen LogP contribution is -2.51. The molecular weight excluding hydrogens is 254 g/mol. The van der Waals surface area contributed by atoms with Crippen molar-refractivity contribution >= 4 is 5.97 Å². The van der Waals surface area contributed by atoms with Crippen molar-refractivity contribution in [3.63, 3.8) is 0 Å². The maximum absolute atomic E-state index is 11.8. The summed E-state index contributed by atoms with van der Waals surface area (Å²) in [6.45, 7) is 9.02. The smallest absolute Gasteiger partial charge is 0.325 e. The normalized spacial score (nSPS) is 13.7. The molecule has 1 aromatic rings. The number of carbonyl (C=O) groups is 1. The second-order valence-electron chi connectivity index (χ2n) is 5.22. The number of carbonyl (C=O) groups excluding carboxylic acids is 1. The van der Waals surface area contributed by atoms with Crippen LogP contribution >= 0.6 is 0 Å². The Morgan fingerprint density at radius 2 is 2.05 bits per heavy atom. The highest BCUT2D eigenvalue weighted by atomic mass is 16.5. The Morgan fingerprint density at radius 1 is 1.35 bits per heavy atom. The highest BCUT2D eigenvalue weighted by Crippen LogP contribution is 2.20. The van der Waals surface area contributed by atoms with E-state index in [0.717, 1.165) is 16.9 Å². The summed E-state index contributed by atoms with van der Waals surface area (Å²) in [4.78, 5) is 11.8. The van der Waals surface area contributed by atoms with Crippen molar-refractivity contribution in [3.8, 4) is 5.75 Å². The van der Waals surface area contributed by atoms with Crippen LogP contribution in [-0.2, 0) is 9.53 Å². The van der Waals surface area contributed by atoms with Crippen molar-refractivity contribution in [3.05, 3.63) is 29.3 Å². The third kappa shape index (κ3) is 4.23. The molecule has 0 heterocycles. The van der Waals surface area contributed by atoms with Gasteiger partial charge in [-0.2, -0.15) is 0 Å². The van der Waals surface area contributed by atoms with Crippen LogP contribution in [0.5, 0.6) is 5.75 Å². The fraction of sp³-hybridized carbons (Fsp3) is 0.562. The molecule has 0 bridgehead atoms. The largest absolute Gasteiger partial charge is 0.493 e. The molecule has 4 nitrogen and oxygen atoms in total. The second kappa shape index (κ2) is 7.29. The number of likely N-dealkylation sites (N-methyl/N-ethyl adjacent to an activating group) is 1. The van der Waals surface area contributed by atoms with Gasteiger partial charge in [-0.25, -0.2) is 0 Å². The molecule has 1 rings (SSSR count). The maximum atomic E-state index is 11.8. The highest BCUT2D eigenvalue weighted by molar-refractivity contribution is 5.80. The van der Waals surface area contributed by atoms with Gasteiger partial charge in [-0.1, -0.05) is 19.1 Å². The zero-order valence-electron chi connectivity index (χ0n) is 13.1. The van der Waals surface area contributed by atoms with Crippen LogP contribution in [0, 0.1) is 13.8 Å². The fourth-order valence-electron chi connectivity index (χ4n) is 2.11. The SMILES string of the molecule is CCNC(C)(CCOc1cc(C)ccc1C)C(=O)OC. The minimum absolute atomic E-state index is 0.260. The summed E-state index contributed by atoms with van der Waals surface area (Å²) in [7, 11) is 1.41. The summed E-state index contributed by atoms with van der Waals surface area (Å²) in [5, 5.41) is 3.17. The van der Waals surface area contributed by atoms with E-state index < -0.39 is 5.54 Å². The van der Waals surface area contributed by atoms with E-state index in [1.54, 1.807) is 0 Å². The monoisotopic (exact) mass is 279 g/mol. The lowest BCUT2D eigenvalue weighted by molar-refractivity contribution is -0.148. The number of benzene rings is 1. The highest BCUT2D eigenvalue weighted by Gasteiger charge is 2.33. The van der Waals surface area contributed by atoms with Gasteiger partial charge in [-0.05, 0) is 44.5 Å². The number of hydrogen-bond acceptors (Lipinski definition) is 4. The van der Waals surface area contributed by atoms with Gasteiger partial charge in [0.1, 0.15) is 11.3 Å². The summed E-state index contributed by atoms with van der Waals surface area (Å²) in [6, 6.07) is 6.10. The zero-order chi connectivity index (χ0) is 15.2. The average Bonchev–Trinajstić information content (AvgIpc) is 2.42. The molecule has 0 fully saturated rings. The molecule has 0 aromatic heterocycles. The van der Waals surface area contributed by atoms with E-state index in [1.807, 2.05) is 39.8 Å². The van der Waals surface area contributed by atoms with Crippen molar-refractivity contribution in [2.24, 2.45) is 0 Å². The Hall–Kier alpha value is -1.55. The Bertz CT molecular complexity index is 459. The van der Waals surface area contributed by atoms with Gasteiger partial charge in [0.15, 0.2) is 0 Å². The van der Waals surface area contributed by atoms with E-state index in [1.165, 1.54) is 7.11 Å². The van der Waals surface area contributed by atoms with Gasteiger partial charge in [-0.3, -0.25) is 4.79 Å². The summed E-state index contributed by atoms with van der Waals surface area (Å²) < 4.78 is 10.7. The third-order valence-corrected chi connectivity index (χ3v) is 3.41. The molecular formula is C16H25NO3. The molecule has 0 aliphatic carbocycles. The van der Waals surface area contributed by atoms with Gasteiger partial charge >= 0.3 is 5.97 Å². The molecule has 0 amide bonds. The molecule has 0 saturated carbocycles. The van der Waals surface area contributed by atoms with E-state index in [0.29, 0.717) is 19.6 Å². The summed E-state index contributed by atoms with van der Waals surface area (Å²) in [5.41, 5.74) is 1.55. The second-order valence-corrected chi connectivity index (χ2v) is 5.22. The third-order valence-electron chi connectivity index (χ3n) is 3.41. The molecule has 112 valence electrons. The predicted octanol–water partition coefficient (Wildman–Crippen LogP) is 2.61. The lowest BCUT2D eigenvalue weighted by atomic mass is 9.98. The molecule has 1 atom stereocenters. The van der Waals surface area contributed by atoms with Crippen molar-refractivity contribution in [1.82, 2.24) is 5.32 Å². The standard InChI is InChI=1S/C16H25NO3/c1-6-17-16(4,15(18)19-5)9-10-20-14-11-12(2)7-8-13(14)3/h7-8,11,17H,6,9-10H2,1-5H3. The van der Waals surface area contributed by atoms with Gasteiger partial charge in [-0.15, -0.1) is 0 Å². The summed E-state index contributed by atoms with van der Waals surface area (Å²) >= 11 is 0. The van der Waals surface area contributed by atoms with Gasteiger partial charge in [0.25, 0.3) is 0 Å². The number of ether oxygens (including phenoxy) is 2. The number of nitrogens with one attached hydrogen (secondary N) is 1. The molecule has 0 aliphatic heterocycles. The van der Waals surface area contributed by atoms with Crippen LogP contribution in [0.2, 0.25) is 0 Å². The number of rotatable bonds is 7. The van der Waals surface area contributed by atoms with Crippen LogP contribution in [0.25, 0.3) is 0 Å². The molecule has 1 aromatic carbocycles. The molecule has 1 unspecified atom stereocenters. The first-order valence-electron chi connectivity index (χ1n) is 6.96. The minimum Gasteiger partial charge on any atom is -0.493 e. The van der Waals surface area contributed by atoms with E-state index in [4.69, 9.17) is 9.47 Å². The van der Waals surface area contributed by atoms with Crippen LogP contribution in [0.15, 0.2) is 18.2 Å². The Kier molecular flexibility index (Phi) is 6.02. The Morgan fingerprint density at radius 3 is 2.65 bits per heavy atom. The van der Waals surface area contributed by atoms with E-state index in [2.05, 4.69) is 11.4 Å². The average molecular weight is 279 g/mol. The van der Waals surface area contributed by atoms with Crippen LogP contribution in [0.3, 0.4) is 0 Å². The van der Waals surface area contributed by atoms with Gasteiger partial charge in [0.2, 0.25) is 0 Å².